The van der Waals surface area contributed by atoms with Crippen LogP contribution in [0.25, 0.3) is 0 Å². The molecule has 0 radical (unpaired) electrons. The minimum atomic E-state index is 0.440. The van der Waals surface area contributed by atoms with Gasteiger partial charge in [0.1, 0.15) is 0 Å². The van der Waals surface area contributed by atoms with Gasteiger partial charge in [0.25, 0.3) is 0 Å². The summed E-state index contributed by atoms with van der Waals surface area (Å²) in [6.07, 6.45) is 2.29. The van der Waals surface area contributed by atoms with Crippen LogP contribution < -0.4 is 0 Å². The maximum absolute atomic E-state index is 5.29. The summed E-state index contributed by atoms with van der Waals surface area (Å²) in [5.41, 5.74) is 0.440. The van der Waals surface area contributed by atoms with Crippen LogP contribution in [-0.4, -0.2) is 12.2 Å². The van der Waals surface area contributed by atoms with Gasteiger partial charge in [-0.05, 0) is 18.8 Å². The summed E-state index contributed by atoms with van der Waals surface area (Å²) >= 11 is 0. The molecule has 2 atom stereocenters. The van der Waals surface area contributed by atoms with Gasteiger partial charge in [-0.3, -0.25) is 0 Å². The van der Waals surface area contributed by atoms with Crippen LogP contribution in [0.15, 0.2) is 0 Å². The number of ether oxygens (including phenoxy) is 1. The quantitative estimate of drug-likeness (QED) is 0.493. The molecule has 0 aliphatic carbocycles. The van der Waals surface area contributed by atoms with E-state index in [1.165, 1.54) is 6.42 Å². The molecule has 0 N–H and O–H groups in total. The highest BCUT2D eigenvalue weighted by molar-refractivity contribution is 4.84. The maximum Gasteiger partial charge on any atom is 0.0844 e. The molecule has 1 heteroatoms. The van der Waals surface area contributed by atoms with Gasteiger partial charge in [0, 0.05) is 0 Å². The second-order valence-electron chi connectivity index (χ2n) is 4.14. The molecule has 1 heterocycles. The minimum Gasteiger partial charge on any atom is -0.370 e. The Hall–Kier alpha value is -0.0400. The first-order chi connectivity index (χ1) is 3.99. The van der Waals surface area contributed by atoms with E-state index < -0.39 is 0 Å². The molecule has 0 aromatic carbocycles. The van der Waals surface area contributed by atoms with Gasteiger partial charge in [-0.2, -0.15) is 0 Å². The van der Waals surface area contributed by atoms with E-state index in [1.54, 1.807) is 0 Å². The lowest BCUT2D eigenvalue weighted by atomic mass is 9.90. The molecule has 0 aromatic heterocycles. The van der Waals surface area contributed by atoms with Crippen LogP contribution in [0.3, 0.4) is 0 Å². The minimum absolute atomic E-state index is 0.440. The Kier molecular flexibility index (Phi) is 1.55. The van der Waals surface area contributed by atoms with E-state index in [-0.39, 0.29) is 0 Å². The van der Waals surface area contributed by atoms with Crippen LogP contribution in [0.1, 0.15) is 34.1 Å². The van der Waals surface area contributed by atoms with Crippen molar-refractivity contribution in [2.24, 2.45) is 5.41 Å². The van der Waals surface area contributed by atoms with E-state index >= 15 is 0 Å². The van der Waals surface area contributed by atoms with Crippen LogP contribution in [0.5, 0.6) is 0 Å². The Bertz CT molecular complexity index is 102. The van der Waals surface area contributed by atoms with Crippen molar-refractivity contribution >= 4 is 0 Å². The van der Waals surface area contributed by atoms with Crippen molar-refractivity contribution in [3.8, 4) is 0 Å². The fraction of sp³-hybridized carbons (Fsp3) is 1.00. The van der Waals surface area contributed by atoms with Gasteiger partial charge in [-0.15, -0.1) is 0 Å². The standard InChI is InChI=1S/C8H16O/c1-6-7(9-6)5-8(2,3)4/h6-7H,5H2,1-4H3/t6-,7-/m0/s1. The molecule has 1 aliphatic rings. The van der Waals surface area contributed by atoms with Gasteiger partial charge in [0.05, 0.1) is 12.2 Å². The summed E-state index contributed by atoms with van der Waals surface area (Å²) in [6.45, 7) is 8.89. The molecule has 54 valence electrons. The Balaban J connectivity index is 2.19. The first-order valence-corrected chi connectivity index (χ1v) is 3.64. The zero-order valence-corrected chi connectivity index (χ0v) is 6.77. The lowest BCUT2D eigenvalue weighted by Gasteiger charge is -2.15. The molecular weight excluding hydrogens is 112 g/mol. The van der Waals surface area contributed by atoms with E-state index in [4.69, 9.17) is 4.74 Å². The average Bonchev–Trinajstić information content (AvgIpc) is 2.13. The molecule has 1 fully saturated rings. The summed E-state index contributed by atoms with van der Waals surface area (Å²) in [7, 11) is 0. The van der Waals surface area contributed by atoms with Crippen molar-refractivity contribution in [2.45, 2.75) is 46.3 Å². The average molecular weight is 128 g/mol. The Labute approximate surface area is 57.4 Å². The number of hydrogen-bond acceptors (Lipinski definition) is 1. The van der Waals surface area contributed by atoms with Crippen molar-refractivity contribution in [1.29, 1.82) is 0 Å². The topological polar surface area (TPSA) is 12.5 Å². The SMILES string of the molecule is C[C@@H]1O[C@H]1CC(C)(C)C. The van der Waals surface area contributed by atoms with E-state index in [9.17, 15) is 0 Å². The summed E-state index contributed by atoms with van der Waals surface area (Å²) in [6, 6.07) is 0. The van der Waals surface area contributed by atoms with Crippen LogP contribution in [-0.2, 0) is 4.74 Å². The zero-order valence-electron chi connectivity index (χ0n) is 6.77. The molecule has 0 bridgehead atoms. The number of hydrogen-bond donors (Lipinski definition) is 0. The molecule has 0 saturated carbocycles. The first-order valence-electron chi connectivity index (χ1n) is 3.64. The van der Waals surface area contributed by atoms with E-state index in [0.29, 0.717) is 17.6 Å². The maximum atomic E-state index is 5.29. The summed E-state index contributed by atoms with van der Waals surface area (Å²) in [5.74, 6) is 0. The van der Waals surface area contributed by atoms with Gasteiger partial charge in [0.15, 0.2) is 0 Å². The fourth-order valence-corrected chi connectivity index (χ4v) is 1.05. The molecule has 1 rings (SSSR count). The second-order valence-corrected chi connectivity index (χ2v) is 4.14. The van der Waals surface area contributed by atoms with E-state index in [1.807, 2.05) is 0 Å². The molecule has 1 saturated heterocycles. The van der Waals surface area contributed by atoms with Crippen LogP contribution >= 0.6 is 0 Å². The lowest BCUT2D eigenvalue weighted by Crippen LogP contribution is -2.09. The zero-order chi connectivity index (χ0) is 7.07. The third kappa shape index (κ3) is 2.35. The molecule has 0 spiro atoms. The van der Waals surface area contributed by atoms with Gasteiger partial charge in [-0.1, -0.05) is 20.8 Å². The monoisotopic (exact) mass is 128 g/mol. The molecular formula is C8H16O. The van der Waals surface area contributed by atoms with Crippen molar-refractivity contribution in [3.63, 3.8) is 0 Å². The van der Waals surface area contributed by atoms with Crippen molar-refractivity contribution in [2.75, 3.05) is 0 Å². The number of epoxide rings is 1. The number of rotatable bonds is 1. The summed E-state index contributed by atoms with van der Waals surface area (Å²) in [4.78, 5) is 0. The Morgan fingerprint density at radius 3 is 1.89 bits per heavy atom. The first kappa shape index (κ1) is 7.07. The third-order valence-electron chi connectivity index (χ3n) is 1.65. The molecule has 9 heavy (non-hydrogen) atoms. The van der Waals surface area contributed by atoms with Gasteiger partial charge < -0.3 is 4.74 Å². The highest BCUT2D eigenvalue weighted by Crippen LogP contribution is 2.33. The second kappa shape index (κ2) is 1.98. The largest absolute Gasteiger partial charge is 0.370 e. The third-order valence-corrected chi connectivity index (χ3v) is 1.65. The molecule has 1 aliphatic heterocycles. The predicted molar refractivity (Wildman–Crippen MR) is 38.4 cm³/mol. The molecule has 0 aromatic rings. The van der Waals surface area contributed by atoms with Gasteiger partial charge >= 0.3 is 0 Å². The van der Waals surface area contributed by atoms with E-state index in [0.717, 1.165) is 0 Å². The van der Waals surface area contributed by atoms with Crippen molar-refractivity contribution < 1.29 is 4.74 Å². The van der Waals surface area contributed by atoms with Crippen LogP contribution in [0.2, 0.25) is 0 Å². The highest BCUT2D eigenvalue weighted by Gasteiger charge is 2.36. The van der Waals surface area contributed by atoms with Gasteiger partial charge in [0.2, 0.25) is 0 Å². The molecule has 1 nitrogen and oxygen atoms in total. The lowest BCUT2D eigenvalue weighted by molar-refractivity contribution is 0.295. The molecule has 0 unspecified atom stereocenters. The molecule has 0 amide bonds. The van der Waals surface area contributed by atoms with Gasteiger partial charge in [-0.25, -0.2) is 0 Å². The van der Waals surface area contributed by atoms with Crippen molar-refractivity contribution in [1.82, 2.24) is 0 Å². The van der Waals surface area contributed by atoms with Crippen LogP contribution in [0.4, 0.5) is 0 Å². The highest BCUT2D eigenvalue weighted by atomic mass is 16.6. The fourth-order valence-electron chi connectivity index (χ4n) is 1.05. The van der Waals surface area contributed by atoms with Crippen molar-refractivity contribution in [3.05, 3.63) is 0 Å². The van der Waals surface area contributed by atoms with E-state index in [2.05, 4.69) is 27.7 Å². The Morgan fingerprint density at radius 1 is 1.33 bits per heavy atom. The normalized spacial score (nSPS) is 34.7. The smallest absolute Gasteiger partial charge is 0.0844 e. The summed E-state index contributed by atoms with van der Waals surface area (Å²) in [5, 5.41) is 0. The Morgan fingerprint density at radius 2 is 1.78 bits per heavy atom. The summed E-state index contributed by atoms with van der Waals surface area (Å²) < 4.78 is 5.29. The predicted octanol–water partition coefficient (Wildman–Crippen LogP) is 2.21. The van der Waals surface area contributed by atoms with Crippen LogP contribution in [0, 0.1) is 5.41 Å².